The average molecular weight is 246 g/mol. The van der Waals surface area contributed by atoms with Crippen molar-refractivity contribution < 1.29 is 9.18 Å². The number of hydrogen-bond acceptors (Lipinski definition) is 2. The highest BCUT2D eigenvalue weighted by atomic mass is 79.9. The van der Waals surface area contributed by atoms with Gasteiger partial charge in [-0.1, -0.05) is 6.07 Å². The Hall–Kier alpha value is -0.740. The van der Waals surface area contributed by atoms with E-state index in [1.54, 1.807) is 12.1 Å². The maximum atomic E-state index is 13.1. The summed E-state index contributed by atoms with van der Waals surface area (Å²) in [5, 5.41) is 0. The third-order valence-electron chi connectivity index (χ3n) is 1.61. The van der Waals surface area contributed by atoms with Gasteiger partial charge in [0.15, 0.2) is 5.78 Å². The predicted molar refractivity (Wildman–Crippen MR) is 52.1 cm³/mol. The molecule has 0 unspecified atom stereocenters. The van der Waals surface area contributed by atoms with Crippen LogP contribution in [0.5, 0.6) is 0 Å². The lowest BCUT2D eigenvalue weighted by Crippen LogP contribution is -2.10. The highest BCUT2D eigenvalue weighted by Gasteiger charge is 2.13. The molecule has 1 aromatic rings. The number of ketones is 1. The molecule has 0 fully saturated rings. The van der Waals surface area contributed by atoms with Crippen molar-refractivity contribution in [3.05, 3.63) is 34.1 Å². The molecule has 0 saturated heterocycles. The van der Waals surface area contributed by atoms with E-state index < -0.39 is 5.82 Å². The first-order valence-electron chi connectivity index (χ1n) is 3.84. The molecular formula is C9H9BrFNO. The quantitative estimate of drug-likeness (QED) is 0.830. The van der Waals surface area contributed by atoms with Gasteiger partial charge < -0.3 is 5.73 Å². The first kappa shape index (κ1) is 10.3. The third kappa shape index (κ3) is 2.35. The number of hydrogen-bond donors (Lipinski definition) is 1. The van der Waals surface area contributed by atoms with Crippen LogP contribution < -0.4 is 5.73 Å². The second-order valence-electron chi connectivity index (χ2n) is 2.56. The first-order valence-corrected chi connectivity index (χ1v) is 4.63. The number of carbonyl (C=O) groups is 1. The molecule has 0 saturated carbocycles. The van der Waals surface area contributed by atoms with E-state index in [1.807, 2.05) is 0 Å². The number of halogens is 2. The van der Waals surface area contributed by atoms with Crippen molar-refractivity contribution in [1.29, 1.82) is 0 Å². The van der Waals surface area contributed by atoms with Crippen LogP contribution in [0.25, 0.3) is 0 Å². The van der Waals surface area contributed by atoms with Gasteiger partial charge in [-0.15, -0.1) is 0 Å². The molecule has 2 nitrogen and oxygen atoms in total. The number of benzene rings is 1. The number of carbonyl (C=O) groups excluding carboxylic acids is 1. The van der Waals surface area contributed by atoms with Crippen molar-refractivity contribution in [2.75, 3.05) is 6.54 Å². The molecule has 0 aliphatic heterocycles. The van der Waals surface area contributed by atoms with E-state index in [9.17, 15) is 9.18 Å². The summed E-state index contributed by atoms with van der Waals surface area (Å²) >= 11 is 3.12. The molecule has 70 valence electrons. The van der Waals surface area contributed by atoms with Gasteiger partial charge in [0.25, 0.3) is 0 Å². The number of rotatable bonds is 3. The fraction of sp³-hybridized carbons (Fsp3) is 0.222. The maximum absolute atomic E-state index is 13.1. The van der Waals surface area contributed by atoms with Crippen LogP contribution >= 0.6 is 15.9 Å². The van der Waals surface area contributed by atoms with E-state index in [-0.39, 0.29) is 24.3 Å². The van der Waals surface area contributed by atoms with Gasteiger partial charge in [-0.05, 0) is 34.6 Å². The van der Waals surface area contributed by atoms with E-state index >= 15 is 0 Å². The minimum atomic E-state index is -0.507. The van der Waals surface area contributed by atoms with Gasteiger partial charge >= 0.3 is 0 Å². The lowest BCUT2D eigenvalue weighted by molar-refractivity contribution is 0.0981. The molecule has 0 radical (unpaired) electrons. The van der Waals surface area contributed by atoms with Gasteiger partial charge in [0.2, 0.25) is 0 Å². The van der Waals surface area contributed by atoms with Crippen LogP contribution in [0.2, 0.25) is 0 Å². The Labute approximate surface area is 84.1 Å². The molecule has 0 bridgehead atoms. The standard InChI is InChI=1S/C9H9BrFNO/c10-6-2-1-3-7(11)9(6)8(13)4-5-12/h1-3H,4-5,12H2. The predicted octanol–water partition coefficient (Wildman–Crippen LogP) is 2.12. The van der Waals surface area contributed by atoms with Crippen LogP contribution in [0.3, 0.4) is 0 Å². The lowest BCUT2D eigenvalue weighted by atomic mass is 10.1. The molecular weight excluding hydrogens is 237 g/mol. The van der Waals surface area contributed by atoms with Crippen molar-refractivity contribution in [2.24, 2.45) is 5.73 Å². The van der Waals surface area contributed by atoms with Crippen LogP contribution in [0.1, 0.15) is 16.8 Å². The van der Waals surface area contributed by atoms with Crippen LogP contribution in [0.15, 0.2) is 22.7 Å². The SMILES string of the molecule is NCCC(=O)c1c(F)cccc1Br. The summed E-state index contributed by atoms with van der Waals surface area (Å²) in [6, 6.07) is 4.43. The summed E-state index contributed by atoms with van der Waals surface area (Å²) < 4.78 is 13.6. The highest BCUT2D eigenvalue weighted by Crippen LogP contribution is 2.20. The Bertz CT molecular complexity index is 307. The summed E-state index contributed by atoms with van der Waals surface area (Å²) in [4.78, 5) is 11.3. The minimum Gasteiger partial charge on any atom is -0.330 e. The molecule has 4 heteroatoms. The van der Waals surface area contributed by atoms with Gasteiger partial charge in [0.1, 0.15) is 5.82 Å². The molecule has 0 heterocycles. The van der Waals surface area contributed by atoms with E-state index in [0.29, 0.717) is 4.47 Å². The van der Waals surface area contributed by atoms with Crippen molar-refractivity contribution in [3.63, 3.8) is 0 Å². The fourth-order valence-electron chi connectivity index (χ4n) is 1.02. The molecule has 0 amide bonds. The van der Waals surface area contributed by atoms with Crippen LogP contribution in [-0.2, 0) is 0 Å². The second-order valence-corrected chi connectivity index (χ2v) is 3.41. The summed E-state index contributed by atoms with van der Waals surface area (Å²) in [5.41, 5.74) is 5.30. The van der Waals surface area contributed by atoms with E-state index in [0.717, 1.165) is 0 Å². The van der Waals surface area contributed by atoms with E-state index in [2.05, 4.69) is 15.9 Å². The molecule has 0 atom stereocenters. The van der Waals surface area contributed by atoms with Crippen molar-refractivity contribution in [3.8, 4) is 0 Å². The Morgan fingerprint density at radius 1 is 1.54 bits per heavy atom. The Kier molecular flexibility index (Phi) is 3.57. The molecule has 13 heavy (non-hydrogen) atoms. The third-order valence-corrected chi connectivity index (χ3v) is 2.27. The van der Waals surface area contributed by atoms with Gasteiger partial charge in [0, 0.05) is 10.9 Å². The summed E-state index contributed by atoms with van der Waals surface area (Å²) in [6.45, 7) is 0.236. The molecule has 0 aromatic heterocycles. The zero-order valence-corrected chi connectivity index (χ0v) is 8.47. The summed E-state index contributed by atoms with van der Waals surface area (Å²) in [7, 11) is 0. The van der Waals surface area contributed by atoms with Crippen LogP contribution in [-0.4, -0.2) is 12.3 Å². The second kappa shape index (κ2) is 4.48. The smallest absolute Gasteiger partial charge is 0.168 e. The highest BCUT2D eigenvalue weighted by molar-refractivity contribution is 9.10. The first-order chi connectivity index (χ1) is 6.16. The molecule has 0 aliphatic carbocycles. The van der Waals surface area contributed by atoms with Gasteiger partial charge in [-0.25, -0.2) is 4.39 Å². The normalized spacial score (nSPS) is 10.1. The van der Waals surface area contributed by atoms with Crippen LogP contribution in [0, 0.1) is 5.82 Å². The zero-order chi connectivity index (χ0) is 9.84. The zero-order valence-electron chi connectivity index (χ0n) is 6.89. The molecule has 2 N–H and O–H groups in total. The maximum Gasteiger partial charge on any atom is 0.168 e. The number of Topliss-reactive ketones (excluding diaryl/α,β-unsaturated/α-hetero) is 1. The minimum absolute atomic E-state index is 0.0907. The van der Waals surface area contributed by atoms with E-state index in [4.69, 9.17) is 5.73 Å². The van der Waals surface area contributed by atoms with Crippen molar-refractivity contribution >= 4 is 21.7 Å². The van der Waals surface area contributed by atoms with E-state index in [1.165, 1.54) is 6.07 Å². The summed E-state index contributed by atoms with van der Waals surface area (Å²) in [6.07, 6.45) is 0.166. The molecule has 1 aromatic carbocycles. The molecule has 0 spiro atoms. The van der Waals surface area contributed by atoms with Gasteiger partial charge in [0.05, 0.1) is 5.56 Å². The van der Waals surface area contributed by atoms with Crippen LogP contribution in [0.4, 0.5) is 4.39 Å². The molecule has 0 aliphatic rings. The van der Waals surface area contributed by atoms with Crippen molar-refractivity contribution in [2.45, 2.75) is 6.42 Å². The van der Waals surface area contributed by atoms with Gasteiger partial charge in [-0.2, -0.15) is 0 Å². The Balaban J connectivity index is 3.05. The largest absolute Gasteiger partial charge is 0.330 e. The molecule has 1 rings (SSSR count). The number of nitrogens with two attached hydrogens (primary N) is 1. The van der Waals surface area contributed by atoms with Crippen molar-refractivity contribution in [1.82, 2.24) is 0 Å². The monoisotopic (exact) mass is 245 g/mol. The summed E-state index contributed by atoms with van der Waals surface area (Å²) in [5.74, 6) is -0.778. The topological polar surface area (TPSA) is 43.1 Å². The fourth-order valence-corrected chi connectivity index (χ4v) is 1.58. The average Bonchev–Trinajstić information content (AvgIpc) is 2.04. The van der Waals surface area contributed by atoms with Gasteiger partial charge in [-0.3, -0.25) is 4.79 Å². The Morgan fingerprint density at radius 2 is 2.23 bits per heavy atom. The lowest BCUT2D eigenvalue weighted by Gasteiger charge is -2.03. The Morgan fingerprint density at radius 3 is 2.77 bits per heavy atom.